The number of halogens is 4. The lowest BCUT2D eigenvalue weighted by Gasteiger charge is -2.00. The van der Waals surface area contributed by atoms with E-state index >= 15 is 0 Å². The van der Waals surface area contributed by atoms with Crippen molar-refractivity contribution in [3.05, 3.63) is 29.6 Å². The van der Waals surface area contributed by atoms with Crippen LogP contribution in [0.2, 0.25) is 0 Å². The smallest absolute Gasteiger partial charge is 0.268 e. The highest BCUT2D eigenvalue weighted by molar-refractivity contribution is 8.16. The Labute approximate surface area is 80.9 Å². The molecule has 1 aromatic carbocycles. The van der Waals surface area contributed by atoms with Gasteiger partial charge in [-0.2, -0.15) is 0 Å². The van der Waals surface area contributed by atoms with Crippen LogP contribution in [0, 0.1) is 17.5 Å². The molecule has 0 saturated heterocycles. The average molecular weight is 227 g/mol. The van der Waals surface area contributed by atoms with Crippen LogP contribution in [-0.4, -0.2) is 4.57 Å². The minimum absolute atomic E-state index is 0.170. The Balaban J connectivity index is 3.13. The molecule has 0 aromatic heterocycles. The molecule has 0 radical (unpaired) electrons. The van der Waals surface area contributed by atoms with Crippen molar-refractivity contribution in [1.82, 2.24) is 0 Å². The normalized spacial score (nSPS) is 10.2. The summed E-state index contributed by atoms with van der Waals surface area (Å²) in [5.41, 5.74) is 0. The molecule has 0 aliphatic carbocycles. The van der Waals surface area contributed by atoms with Crippen molar-refractivity contribution in [3.8, 4) is 0 Å². The molecule has 0 unspecified atom stereocenters. The summed E-state index contributed by atoms with van der Waals surface area (Å²) in [6.07, 6.45) is 0. The molecular formula is C7H2ClF3OS. The van der Waals surface area contributed by atoms with Gasteiger partial charge in [-0.25, -0.2) is 13.2 Å². The van der Waals surface area contributed by atoms with E-state index in [2.05, 4.69) is 0 Å². The zero-order valence-electron chi connectivity index (χ0n) is 5.98. The molecule has 70 valence electrons. The molecule has 0 heterocycles. The molecule has 0 aliphatic heterocycles. The maximum absolute atomic E-state index is 12.8. The van der Waals surface area contributed by atoms with Crippen LogP contribution in [0.1, 0.15) is 0 Å². The quantitative estimate of drug-likeness (QED) is 0.538. The predicted molar refractivity (Wildman–Crippen MR) is 43.4 cm³/mol. The number of carbonyl (C=O) groups is 1. The molecule has 13 heavy (non-hydrogen) atoms. The molecule has 6 heteroatoms. The van der Waals surface area contributed by atoms with Crippen molar-refractivity contribution < 1.29 is 18.0 Å². The van der Waals surface area contributed by atoms with Crippen molar-refractivity contribution >= 4 is 27.9 Å². The molecule has 1 rings (SSSR count). The summed E-state index contributed by atoms with van der Waals surface area (Å²) in [5, 5.41) is 0. The number of hydrogen-bond acceptors (Lipinski definition) is 2. The van der Waals surface area contributed by atoms with E-state index in [9.17, 15) is 18.0 Å². The number of rotatable bonds is 1. The Hall–Kier alpha value is -0.680. The minimum Gasteiger partial charge on any atom is -0.268 e. The molecule has 0 aliphatic rings. The lowest BCUT2D eigenvalue weighted by molar-refractivity contribution is 0.275. The highest BCUT2D eigenvalue weighted by Crippen LogP contribution is 2.28. The average Bonchev–Trinajstić information content (AvgIpc) is 1.96. The standard InChI is InChI=1S/C7H2ClF3OS/c8-7(12)13-6-4(10)1-3(9)2-5(6)11/h1-2H. The third-order valence-electron chi connectivity index (χ3n) is 1.15. The lowest BCUT2D eigenvalue weighted by Crippen LogP contribution is -1.91. The zero-order chi connectivity index (χ0) is 10.0. The van der Waals surface area contributed by atoms with Gasteiger partial charge in [-0.15, -0.1) is 0 Å². The second kappa shape index (κ2) is 4.02. The number of carbonyl (C=O) groups excluding carboxylic acids is 1. The molecule has 1 nitrogen and oxygen atoms in total. The van der Waals surface area contributed by atoms with Crippen LogP contribution in [0.3, 0.4) is 0 Å². The van der Waals surface area contributed by atoms with Gasteiger partial charge in [0.1, 0.15) is 17.5 Å². The van der Waals surface area contributed by atoms with E-state index in [0.717, 1.165) is 0 Å². The Kier molecular flexibility index (Phi) is 3.22. The number of thioether (sulfide) groups is 1. The van der Waals surface area contributed by atoms with E-state index in [1.165, 1.54) is 0 Å². The van der Waals surface area contributed by atoms with Crippen molar-refractivity contribution in [2.75, 3.05) is 0 Å². The predicted octanol–water partition coefficient (Wildman–Crippen LogP) is 3.55. The van der Waals surface area contributed by atoms with Gasteiger partial charge in [0.05, 0.1) is 4.90 Å². The van der Waals surface area contributed by atoms with Crippen LogP contribution in [0.4, 0.5) is 18.0 Å². The van der Waals surface area contributed by atoms with Crippen LogP contribution < -0.4 is 0 Å². The molecule has 0 atom stereocenters. The van der Waals surface area contributed by atoms with Gasteiger partial charge >= 0.3 is 0 Å². The highest BCUT2D eigenvalue weighted by Gasteiger charge is 2.14. The summed E-state index contributed by atoms with van der Waals surface area (Å²) in [6.45, 7) is 0. The van der Waals surface area contributed by atoms with Gasteiger partial charge in [0.15, 0.2) is 0 Å². The van der Waals surface area contributed by atoms with E-state index in [4.69, 9.17) is 11.6 Å². The fourth-order valence-electron chi connectivity index (χ4n) is 0.707. The first-order valence-electron chi connectivity index (χ1n) is 3.02. The summed E-state index contributed by atoms with van der Waals surface area (Å²) in [5.74, 6) is -3.32. The van der Waals surface area contributed by atoms with Gasteiger partial charge in [-0.05, 0) is 23.4 Å². The summed E-state index contributed by atoms with van der Waals surface area (Å²) in [7, 11) is 0. The van der Waals surface area contributed by atoms with E-state index in [-0.39, 0.29) is 11.8 Å². The first-order chi connectivity index (χ1) is 6.00. The molecule has 0 saturated carbocycles. The number of benzene rings is 1. The Morgan fingerprint density at radius 1 is 1.23 bits per heavy atom. The van der Waals surface area contributed by atoms with E-state index in [1.54, 1.807) is 0 Å². The molecular weight excluding hydrogens is 225 g/mol. The largest absolute Gasteiger partial charge is 0.284 e. The van der Waals surface area contributed by atoms with Gasteiger partial charge in [0, 0.05) is 12.1 Å². The summed E-state index contributed by atoms with van der Waals surface area (Å²) >= 11 is 5.06. The third kappa shape index (κ3) is 2.63. The first-order valence-corrected chi connectivity index (χ1v) is 4.22. The lowest BCUT2D eigenvalue weighted by atomic mass is 10.3. The molecule has 0 bridgehead atoms. The zero-order valence-corrected chi connectivity index (χ0v) is 7.56. The van der Waals surface area contributed by atoms with Crippen molar-refractivity contribution in [2.24, 2.45) is 0 Å². The van der Waals surface area contributed by atoms with E-state index < -0.39 is 26.9 Å². The van der Waals surface area contributed by atoms with Crippen LogP contribution in [-0.2, 0) is 0 Å². The summed E-state index contributed by atoms with van der Waals surface area (Å²) in [6, 6.07) is 0.955. The second-order valence-electron chi connectivity index (χ2n) is 2.04. The molecule has 0 N–H and O–H groups in total. The molecule has 1 aromatic rings. The maximum atomic E-state index is 12.8. The first kappa shape index (κ1) is 10.4. The van der Waals surface area contributed by atoms with Crippen LogP contribution in [0.25, 0.3) is 0 Å². The SMILES string of the molecule is O=C(Cl)Sc1c(F)cc(F)cc1F. The number of hydrogen-bond donors (Lipinski definition) is 0. The minimum atomic E-state index is -1.14. The van der Waals surface area contributed by atoms with Gasteiger partial charge in [-0.1, -0.05) is 0 Å². The second-order valence-corrected chi connectivity index (χ2v) is 3.59. The Morgan fingerprint density at radius 3 is 2.08 bits per heavy atom. The van der Waals surface area contributed by atoms with Gasteiger partial charge in [-0.3, -0.25) is 4.79 Å². The maximum Gasteiger partial charge on any atom is 0.284 e. The van der Waals surface area contributed by atoms with E-state index in [0.29, 0.717) is 12.1 Å². The highest BCUT2D eigenvalue weighted by atomic mass is 35.5. The van der Waals surface area contributed by atoms with Crippen molar-refractivity contribution in [3.63, 3.8) is 0 Å². The van der Waals surface area contributed by atoms with Crippen LogP contribution in [0.5, 0.6) is 0 Å². The molecule has 0 fully saturated rings. The van der Waals surface area contributed by atoms with Crippen molar-refractivity contribution in [2.45, 2.75) is 4.90 Å². The van der Waals surface area contributed by atoms with Gasteiger partial charge in [0.25, 0.3) is 4.57 Å². The summed E-state index contributed by atoms with van der Waals surface area (Å²) < 4.78 is 36.9. The fraction of sp³-hybridized carbons (Fsp3) is 0. The van der Waals surface area contributed by atoms with Gasteiger partial charge in [0.2, 0.25) is 0 Å². The van der Waals surface area contributed by atoms with Crippen LogP contribution in [0.15, 0.2) is 17.0 Å². The topological polar surface area (TPSA) is 17.1 Å². The summed E-state index contributed by atoms with van der Waals surface area (Å²) in [4.78, 5) is 9.71. The Bertz CT molecular complexity index is 333. The van der Waals surface area contributed by atoms with Crippen molar-refractivity contribution in [1.29, 1.82) is 0 Å². The molecule has 0 amide bonds. The monoisotopic (exact) mass is 226 g/mol. The van der Waals surface area contributed by atoms with Gasteiger partial charge < -0.3 is 0 Å². The van der Waals surface area contributed by atoms with Crippen LogP contribution >= 0.6 is 23.4 Å². The Morgan fingerprint density at radius 2 is 1.69 bits per heavy atom. The van der Waals surface area contributed by atoms with E-state index in [1.807, 2.05) is 0 Å². The molecule has 0 spiro atoms. The third-order valence-corrected chi connectivity index (χ3v) is 2.13. The fourth-order valence-corrected chi connectivity index (χ4v) is 1.41.